The molecule has 0 aromatic heterocycles. The van der Waals surface area contributed by atoms with E-state index in [2.05, 4.69) is 6.58 Å². The summed E-state index contributed by atoms with van der Waals surface area (Å²) in [4.78, 5) is 11.4. The van der Waals surface area contributed by atoms with Crippen LogP contribution in [0.3, 0.4) is 0 Å². The summed E-state index contributed by atoms with van der Waals surface area (Å²) in [5, 5.41) is 0. The fourth-order valence-corrected chi connectivity index (χ4v) is 2.55. The average Bonchev–Trinajstić information content (AvgIpc) is 2.41. The van der Waals surface area contributed by atoms with Crippen molar-refractivity contribution < 1.29 is 9.53 Å². The first-order valence-electron chi connectivity index (χ1n) is 7.53. The molecular weight excluding hydrogens is 224 g/mol. The van der Waals surface area contributed by atoms with Gasteiger partial charge < -0.3 is 4.74 Å². The minimum atomic E-state index is -0.232. The van der Waals surface area contributed by atoms with Crippen LogP contribution in [-0.2, 0) is 9.53 Å². The number of rotatable bonds is 3. The largest absolute Gasteiger partial charge is 0.462 e. The monoisotopic (exact) mass is 252 g/mol. The Morgan fingerprint density at radius 3 is 1.89 bits per heavy atom. The summed E-state index contributed by atoms with van der Waals surface area (Å²) in [6.45, 7) is 5.91. The van der Waals surface area contributed by atoms with Crippen molar-refractivity contribution in [3.05, 3.63) is 12.2 Å². The van der Waals surface area contributed by atoms with Crippen LogP contribution in [-0.4, -0.2) is 12.6 Å². The topological polar surface area (TPSA) is 26.3 Å². The third-order valence-corrected chi connectivity index (χ3v) is 3.77. The van der Waals surface area contributed by atoms with Gasteiger partial charge in [-0.05, 0) is 25.7 Å². The zero-order valence-corrected chi connectivity index (χ0v) is 11.9. The third-order valence-electron chi connectivity index (χ3n) is 3.77. The van der Waals surface area contributed by atoms with E-state index < -0.39 is 0 Å². The molecule has 2 nitrogen and oxygen atoms in total. The molecule has 0 atom stereocenters. The van der Waals surface area contributed by atoms with E-state index in [1.54, 1.807) is 6.92 Å². The van der Waals surface area contributed by atoms with Crippen molar-refractivity contribution in [2.45, 2.75) is 71.1 Å². The van der Waals surface area contributed by atoms with Gasteiger partial charge in [0, 0.05) is 5.57 Å². The number of carbonyl (C=O) groups excluding carboxylic acids is 1. The molecule has 0 spiro atoms. The number of hydrogen-bond donors (Lipinski definition) is 0. The maximum atomic E-state index is 11.4. The lowest BCUT2D eigenvalue weighted by Crippen LogP contribution is -2.14. The van der Waals surface area contributed by atoms with Gasteiger partial charge in [-0.15, -0.1) is 0 Å². The highest BCUT2D eigenvalue weighted by molar-refractivity contribution is 5.86. The molecule has 0 saturated heterocycles. The highest BCUT2D eigenvalue weighted by Gasteiger charge is 2.13. The predicted octanol–water partition coefficient (Wildman–Crippen LogP) is 4.64. The second-order valence-electron chi connectivity index (χ2n) is 5.65. The van der Waals surface area contributed by atoms with Gasteiger partial charge in [0.05, 0.1) is 6.61 Å². The number of carbonyl (C=O) groups is 1. The molecule has 1 fully saturated rings. The average molecular weight is 252 g/mol. The summed E-state index contributed by atoms with van der Waals surface area (Å²) >= 11 is 0. The summed E-state index contributed by atoms with van der Waals surface area (Å²) in [5.41, 5.74) is 0.506. The normalized spacial score (nSPS) is 19.8. The van der Waals surface area contributed by atoms with Crippen LogP contribution in [0, 0.1) is 5.92 Å². The summed E-state index contributed by atoms with van der Waals surface area (Å²) in [6, 6.07) is 0. The Morgan fingerprint density at radius 2 is 1.44 bits per heavy atom. The zero-order valence-electron chi connectivity index (χ0n) is 11.9. The van der Waals surface area contributed by atoms with Gasteiger partial charge >= 0.3 is 5.97 Å². The molecule has 1 aliphatic rings. The minimum absolute atomic E-state index is 0.232. The molecule has 0 unspecified atom stereocenters. The lowest BCUT2D eigenvalue weighted by atomic mass is 9.96. The van der Waals surface area contributed by atoms with Crippen LogP contribution in [0.5, 0.6) is 0 Å². The van der Waals surface area contributed by atoms with Crippen LogP contribution in [0.25, 0.3) is 0 Å². The lowest BCUT2D eigenvalue weighted by Gasteiger charge is -2.16. The molecule has 0 aliphatic heterocycles. The number of hydrogen-bond acceptors (Lipinski definition) is 2. The van der Waals surface area contributed by atoms with Gasteiger partial charge in [0.25, 0.3) is 0 Å². The highest BCUT2D eigenvalue weighted by Crippen LogP contribution is 2.21. The first kappa shape index (κ1) is 15.3. The zero-order chi connectivity index (χ0) is 13.2. The first-order valence-corrected chi connectivity index (χ1v) is 7.53. The van der Waals surface area contributed by atoms with E-state index in [9.17, 15) is 4.79 Å². The molecule has 1 saturated carbocycles. The van der Waals surface area contributed by atoms with Gasteiger partial charge in [0.15, 0.2) is 0 Å². The number of ether oxygens (including phenoxy) is 1. The molecule has 0 N–H and O–H groups in total. The molecule has 2 heteroatoms. The molecule has 1 aliphatic carbocycles. The van der Waals surface area contributed by atoms with Crippen LogP contribution >= 0.6 is 0 Å². The van der Waals surface area contributed by atoms with Crippen molar-refractivity contribution in [1.29, 1.82) is 0 Å². The van der Waals surface area contributed by atoms with E-state index in [1.165, 1.54) is 64.2 Å². The Labute approximate surface area is 112 Å². The SMILES string of the molecule is C=C(C)C(=O)OCC1CCCCCCCCCC1. The predicted molar refractivity (Wildman–Crippen MR) is 75.4 cm³/mol. The van der Waals surface area contributed by atoms with Gasteiger partial charge in [-0.25, -0.2) is 4.79 Å². The molecule has 0 aromatic carbocycles. The Balaban J connectivity index is 2.30. The molecule has 18 heavy (non-hydrogen) atoms. The van der Waals surface area contributed by atoms with E-state index in [0.717, 1.165) is 0 Å². The second kappa shape index (κ2) is 9.18. The van der Waals surface area contributed by atoms with Crippen molar-refractivity contribution >= 4 is 5.97 Å². The van der Waals surface area contributed by atoms with Gasteiger partial charge in [-0.1, -0.05) is 57.9 Å². The van der Waals surface area contributed by atoms with Crippen molar-refractivity contribution in [3.63, 3.8) is 0 Å². The first-order chi connectivity index (χ1) is 8.70. The quantitative estimate of drug-likeness (QED) is 0.540. The minimum Gasteiger partial charge on any atom is -0.462 e. The Morgan fingerprint density at radius 1 is 1.00 bits per heavy atom. The van der Waals surface area contributed by atoms with Crippen LogP contribution in [0.15, 0.2) is 12.2 Å². The fraction of sp³-hybridized carbons (Fsp3) is 0.812. The maximum Gasteiger partial charge on any atom is 0.333 e. The molecule has 0 heterocycles. The van der Waals surface area contributed by atoms with Crippen molar-refractivity contribution in [3.8, 4) is 0 Å². The third kappa shape index (κ3) is 6.83. The molecule has 0 radical (unpaired) electrons. The fourth-order valence-electron chi connectivity index (χ4n) is 2.55. The van der Waals surface area contributed by atoms with E-state index >= 15 is 0 Å². The van der Waals surface area contributed by atoms with Crippen molar-refractivity contribution in [2.75, 3.05) is 6.61 Å². The Hall–Kier alpha value is -0.790. The van der Waals surface area contributed by atoms with E-state index in [0.29, 0.717) is 18.1 Å². The maximum absolute atomic E-state index is 11.4. The molecule has 1 rings (SSSR count). The Bertz CT molecular complexity index is 246. The summed E-state index contributed by atoms with van der Waals surface area (Å²) in [6.07, 6.45) is 13.2. The van der Waals surface area contributed by atoms with Crippen molar-refractivity contribution in [1.82, 2.24) is 0 Å². The molecule has 0 amide bonds. The van der Waals surface area contributed by atoms with E-state index in [-0.39, 0.29) is 5.97 Å². The summed E-state index contributed by atoms with van der Waals surface area (Å²) < 4.78 is 5.30. The van der Waals surface area contributed by atoms with Crippen LogP contribution < -0.4 is 0 Å². The second-order valence-corrected chi connectivity index (χ2v) is 5.65. The van der Waals surface area contributed by atoms with Gasteiger partial charge in [0.2, 0.25) is 0 Å². The van der Waals surface area contributed by atoms with Gasteiger partial charge in [0.1, 0.15) is 0 Å². The number of esters is 1. The van der Waals surface area contributed by atoms with Gasteiger partial charge in [-0.3, -0.25) is 0 Å². The van der Waals surface area contributed by atoms with E-state index in [1.807, 2.05) is 0 Å². The summed E-state index contributed by atoms with van der Waals surface area (Å²) in [7, 11) is 0. The van der Waals surface area contributed by atoms with Crippen LogP contribution in [0.2, 0.25) is 0 Å². The molecule has 0 aromatic rings. The standard InChI is InChI=1S/C16H28O2/c1-14(2)16(17)18-13-15-11-9-7-5-3-4-6-8-10-12-15/h15H,1,3-13H2,2H3. The van der Waals surface area contributed by atoms with Crippen molar-refractivity contribution in [2.24, 2.45) is 5.92 Å². The van der Waals surface area contributed by atoms with Crippen LogP contribution in [0.4, 0.5) is 0 Å². The van der Waals surface area contributed by atoms with E-state index in [4.69, 9.17) is 4.74 Å². The molecular formula is C16H28O2. The molecule has 0 bridgehead atoms. The Kier molecular flexibility index (Phi) is 7.79. The smallest absolute Gasteiger partial charge is 0.333 e. The lowest BCUT2D eigenvalue weighted by molar-refractivity contribution is -0.140. The van der Waals surface area contributed by atoms with Crippen LogP contribution in [0.1, 0.15) is 71.1 Å². The van der Waals surface area contributed by atoms with Gasteiger partial charge in [-0.2, -0.15) is 0 Å². The summed E-state index contributed by atoms with van der Waals surface area (Å²) in [5.74, 6) is 0.329. The molecule has 104 valence electrons. The highest BCUT2D eigenvalue weighted by atomic mass is 16.5.